The Morgan fingerprint density at radius 2 is 1.34 bits per heavy atom. The number of phosphoric ester groups is 1. The SMILES string of the molecule is CC(=O)CC(CCCCN)C(=O)NC(C(=O)CC(CCCNC(N)=O)C(=O)Nc1ccc(COC(=O)N(C)CCN(C)C(=S)Oc2cc3c(c4c(C)c[nH]c24)C(CCl)CN3C(=O)C23CC4(C(=O)N5CC(CCl)c6c5cc(OP(=O)(O)O)c5[nH]cc(C)c65)CC24C3)cc1)C(C)C. The highest BCUT2D eigenvalue weighted by Crippen LogP contribution is 3.01. The summed E-state index contributed by atoms with van der Waals surface area (Å²) < 4.78 is 29.4. The number of Topliss-reactive ketones (excluding diaryl/α,β-unsaturated/α-hetero) is 2. The van der Waals surface area contributed by atoms with Crippen LogP contribution in [0.15, 0.2) is 48.8 Å². The van der Waals surface area contributed by atoms with E-state index in [-0.39, 0.29) is 116 Å². The number of primary amides is 1. The van der Waals surface area contributed by atoms with Crippen LogP contribution in [-0.4, -0.2) is 153 Å². The topological polar surface area (TPSA) is 354 Å². The number of aromatic amines is 2. The summed E-state index contributed by atoms with van der Waals surface area (Å²) in [6.45, 7) is 10.4. The second-order valence-corrected chi connectivity index (χ2v) is 29.0. The van der Waals surface area contributed by atoms with Crippen molar-refractivity contribution in [2.75, 3.05) is 80.2 Å². The smallest absolute Gasteiger partial charge is 0.445 e. The van der Waals surface area contributed by atoms with Gasteiger partial charge in [-0.3, -0.25) is 33.8 Å². The number of phosphoric acid groups is 1. The first kappa shape index (κ1) is 70.5. The zero-order valence-electron chi connectivity index (χ0n) is 54.4. The quantitative estimate of drug-likeness (QED) is 0.00898. The first-order chi connectivity index (χ1) is 45.0. The molecule has 10 rings (SSSR count). The maximum atomic E-state index is 15.2. The van der Waals surface area contributed by atoms with Crippen LogP contribution in [0.4, 0.5) is 26.7 Å². The summed E-state index contributed by atoms with van der Waals surface area (Å²) in [7, 11) is -1.67. The van der Waals surface area contributed by atoms with Gasteiger partial charge in [0.05, 0.1) is 39.3 Å². The van der Waals surface area contributed by atoms with Crippen LogP contribution in [0, 0.1) is 47.8 Å². The number of carbonyl (C=O) groups is 8. The van der Waals surface area contributed by atoms with Gasteiger partial charge in [-0.1, -0.05) is 32.4 Å². The molecule has 3 aromatic carbocycles. The van der Waals surface area contributed by atoms with E-state index in [1.807, 2.05) is 26.1 Å². The Labute approximate surface area is 565 Å². The van der Waals surface area contributed by atoms with Gasteiger partial charge in [0.15, 0.2) is 17.3 Å². The minimum absolute atomic E-state index is 0.0297. The van der Waals surface area contributed by atoms with E-state index in [1.54, 1.807) is 73.1 Å². The highest BCUT2D eigenvalue weighted by molar-refractivity contribution is 7.80. The van der Waals surface area contributed by atoms with Crippen LogP contribution < -0.4 is 46.5 Å². The predicted octanol–water partition coefficient (Wildman–Crippen LogP) is 8.64. The lowest BCUT2D eigenvalue weighted by molar-refractivity contribution is -0.134. The van der Waals surface area contributed by atoms with Crippen molar-refractivity contribution in [2.45, 2.75) is 123 Å². The van der Waals surface area contributed by atoms with Gasteiger partial charge in [0.25, 0.3) is 5.17 Å². The lowest BCUT2D eigenvalue weighted by atomic mass is 9.72. The molecule has 25 nitrogen and oxygen atoms in total. The van der Waals surface area contributed by atoms with Crippen molar-refractivity contribution in [1.82, 2.24) is 30.4 Å². The van der Waals surface area contributed by atoms with Crippen molar-refractivity contribution in [3.05, 3.63) is 76.6 Å². The molecule has 0 bridgehead atoms. The molecule has 95 heavy (non-hydrogen) atoms. The summed E-state index contributed by atoms with van der Waals surface area (Å²) >= 11 is 19.2. The van der Waals surface area contributed by atoms with Crippen molar-refractivity contribution >= 4 is 135 Å². The van der Waals surface area contributed by atoms with E-state index < -0.39 is 65.9 Å². The number of amides is 7. The molecule has 0 radical (unpaired) electrons. The van der Waals surface area contributed by atoms with Gasteiger partial charge in [-0.05, 0) is 130 Å². The van der Waals surface area contributed by atoms with Gasteiger partial charge in [-0.2, -0.15) is 0 Å². The number of aromatic nitrogens is 2. The van der Waals surface area contributed by atoms with E-state index in [2.05, 4.69) is 25.9 Å². The number of anilines is 3. The van der Waals surface area contributed by atoms with Gasteiger partial charge >= 0.3 is 19.9 Å². The van der Waals surface area contributed by atoms with Crippen LogP contribution in [0.25, 0.3) is 21.8 Å². The van der Waals surface area contributed by atoms with Crippen molar-refractivity contribution in [3.63, 3.8) is 0 Å². The fourth-order valence-corrected chi connectivity index (χ4v) is 16.1. The van der Waals surface area contributed by atoms with Crippen LogP contribution in [0.5, 0.6) is 11.5 Å². The van der Waals surface area contributed by atoms with Crippen molar-refractivity contribution in [3.8, 4) is 11.5 Å². The average molecular weight is 1390 g/mol. The minimum Gasteiger partial charge on any atom is -0.445 e. The fraction of sp³-hybridized carbons (Fsp3) is 0.530. The van der Waals surface area contributed by atoms with Gasteiger partial charge in [0.2, 0.25) is 23.6 Å². The molecule has 1 spiro atoms. The van der Waals surface area contributed by atoms with Crippen LogP contribution in [0.1, 0.15) is 125 Å². The molecule has 2 aliphatic heterocycles. The number of urea groups is 1. The number of fused-ring (bicyclic) bond motifs is 6. The molecule has 0 saturated heterocycles. The minimum atomic E-state index is -4.98. The number of carbonyl (C=O) groups excluding carboxylic acids is 8. The van der Waals surface area contributed by atoms with Gasteiger partial charge in [-0.25, -0.2) is 14.2 Å². The molecule has 4 heterocycles. The molecule has 5 aliphatic rings. The summed E-state index contributed by atoms with van der Waals surface area (Å²) in [5.74, 6) is -3.14. The molecule has 8 unspecified atom stereocenters. The predicted molar refractivity (Wildman–Crippen MR) is 364 cm³/mol. The fourth-order valence-electron chi connectivity index (χ4n) is 15.0. The third kappa shape index (κ3) is 13.9. The average Bonchev–Trinajstić information content (AvgIpc) is 1.40. The van der Waals surface area contributed by atoms with Crippen molar-refractivity contribution < 1.29 is 66.7 Å². The third-order valence-corrected chi connectivity index (χ3v) is 21.6. The first-order valence-corrected chi connectivity index (χ1v) is 35.1. The molecular formula is C66H84Cl2N11O14PS. The highest BCUT2D eigenvalue weighted by Gasteiger charge is 3.01. The molecule has 5 aromatic rings. The molecule has 8 atom stereocenters. The Morgan fingerprint density at radius 1 is 0.789 bits per heavy atom. The normalized spacial score (nSPS) is 21.3. The Morgan fingerprint density at radius 3 is 1.86 bits per heavy atom. The molecule has 3 saturated carbocycles. The number of hydrogen-bond donors (Lipinski definition) is 9. The number of likely N-dealkylation sites (N-methyl/N-ethyl adjacent to an activating group) is 2. The number of nitrogens with two attached hydrogens (primary N) is 2. The molecule has 3 aliphatic carbocycles. The number of benzene rings is 3. The van der Waals surface area contributed by atoms with Crippen molar-refractivity contribution in [1.29, 1.82) is 0 Å². The van der Waals surface area contributed by atoms with E-state index in [4.69, 9.17) is 60.9 Å². The van der Waals surface area contributed by atoms with E-state index in [0.29, 0.717) is 103 Å². The van der Waals surface area contributed by atoms with Gasteiger partial charge < -0.3 is 75.8 Å². The standard InChI is InChI=1S/C66H84Cl2N11O14PS/c1-35(2)54(75-58(83)40(21-38(5)80)11-8-9-17-69)47(81)22-41(12-10-18-71-61(70)86)57(82)74-44-15-13-39(14-16-44)31-91-62(87)76(6)19-20-77(7)63(95)92-48-23-45-52(50-36(3)27-72-55(48)50)42(25-67)29-78(45)59(84)64-32-65(34-66(64,65)33-64)60(85)79-30-43(26-68)53-46(79)24-49(93-94(88,89)90)56-51(53)37(4)28-73-56/h13-16,23-24,27-28,35,40-43,54,72-73H,8-12,17-22,25-26,29-34,69H2,1-7H3,(H,74,82)(H,75,83)(H3,70,71,86)(H2,88,89,90). The number of thiocarbonyl (C=S) groups is 1. The van der Waals surface area contributed by atoms with E-state index in [0.717, 1.165) is 27.6 Å². The number of rotatable bonds is 30. The van der Waals surface area contributed by atoms with Crippen LogP contribution in [0.2, 0.25) is 0 Å². The number of unbranched alkanes of at least 4 members (excludes halogenated alkanes) is 1. The van der Waals surface area contributed by atoms with Crippen molar-refractivity contribution in [2.24, 2.45) is 45.5 Å². The maximum absolute atomic E-state index is 15.2. The maximum Gasteiger partial charge on any atom is 0.524 e. The number of halogens is 2. The summed E-state index contributed by atoms with van der Waals surface area (Å²) in [5, 5.41) is 9.89. The first-order valence-electron chi connectivity index (χ1n) is 32.1. The lowest BCUT2D eigenvalue weighted by Crippen LogP contribution is -2.49. The third-order valence-electron chi connectivity index (χ3n) is 20.0. The number of aryl methyl sites for hydroxylation is 2. The number of H-pyrrole nitrogens is 2. The molecule has 11 N–H and O–H groups in total. The number of alkyl halides is 2. The Kier molecular flexibility index (Phi) is 20.8. The highest BCUT2D eigenvalue weighted by atomic mass is 35.5. The van der Waals surface area contributed by atoms with Gasteiger partial charge in [0, 0.05) is 141 Å². The number of nitrogens with zero attached hydrogens (tertiary/aromatic N) is 4. The van der Waals surface area contributed by atoms with E-state index in [9.17, 15) is 47.9 Å². The Balaban J connectivity index is 0.739. The second-order valence-electron chi connectivity index (χ2n) is 26.8. The summed E-state index contributed by atoms with van der Waals surface area (Å²) in [6, 6.07) is 8.32. The Bertz CT molecular complexity index is 3940. The summed E-state index contributed by atoms with van der Waals surface area (Å²) in [6.07, 6.45) is 6.51. The zero-order valence-corrected chi connectivity index (χ0v) is 57.6. The lowest BCUT2D eigenvalue weighted by Gasteiger charge is -2.37. The molecule has 3 fully saturated rings. The van der Waals surface area contributed by atoms with Crippen LogP contribution in [-0.2, 0) is 44.7 Å². The summed E-state index contributed by atoms with van der Waals surface area (Å²) in [5.41, 5.74) is 15.5. The number of ether oxygens (including phenoxy) is 2. The monoisotopic (exact) mass is 1390 g/mol. The second kappa shape index (κ2) is 28.0. The number of nitrogens with one attached hydrogen (secondary N) is 5. The largest absolute Gasteiger partial charge is 0.524 e. The van der Waals surface area contributed by atoms with Gasteiger partial charge in [-0.15, -0.1) is 23.2 Å². The molecule has 2 aromatic heterocycles. The zero-order chi connectivity index (χ0) is 68.8. The van der Waals surface area contributed by atoms with Crippen LogP contribution in [0.3, 0.4) is 0 Å². The Hall–Kier alpha value is -7.32. The molecule has 7 amide bonds. The number of ketones is 2. The molecular weight excluding hydrogens is 1300 g/mol. The van der Waals surface area contributed by atoms with E-state index in [1.165, 1.54) is 17.9 Å². The van der Waals surface area contributed by atoms with Crippen LogP contribution >= 0.6 is 43.2 Å². The molecule has 29 heteroatoms. The van der Waals surface area contributed by atoms with E-state index >= 15 is 4.79 Å². The molecule has 512 valence electrons. The van der Waals surface area contributed by atoms with Gasteiger partial charge in [0.1, 0.15) is 12.4 Å². The number of hydrogen-bond acceptors (Lipinski definition) is 14. The summed E-state index contributed by atoms with van der Waals surface area (Å²) in [4.78, 5) is 141.